The minimum absolute atomic E-state index is 0.135. The molecular formula is C17H33NO3. The molecule has 0 radical (unpaired) electrons. The Hall–Kier alpha value is -0.160. The monoisotopic (exact) mass is 299 g/mol. The third kappa shape index (κ3) is 5.85. The highest BCUT2D eigenvalue weighted by Gasteiger charge is 2.24. The Morgan fingerprint density at radius 2 is 1.76 bits per heavy atom. The van der Waals surface area contributed by atoms with Gasteiger partial charge in [-0.15, -0.1) is 0 Å². The van der Waals surface area contributed by atoms with Crippen LogP contribution in [0.5, 0.6) is 0 Å². The molecular weight excluding hydrogens is 266 g/mol. The molecule has 2 aliphatic rings. The number of nitrogens with one attached hydrogen (secondary N) is 1. The molecule has 21 heavy (non-hydrogen) atoms. The standard InChI is InChI=1S/C17H33NO3/c1-13-7-5-6-10-17(13)21-12-14(19)11-18-15-8-3-2-4-9-16(15)20/h13-20H,2-12H2,1H3. The number of hydrogen-bond donors (Lipinski definition) is 3. The topological polar surface area (TPSA) is 61.7 Å². The molecule has 124 valence electrons. The van der Waals surface area contributed by atoms with E-state index in [1.165, 1.54) is 32.1 Å². The van der Waals surface area contributed by atoms with E-state index >= 15 is 0 Å². The molecule has 5 atom stereocenters. The molecule has 0 spiro atoms. The second kappa shape index (κ2) is 9.09. The maximum absolute atomic E-state index is 10.1. The highest BCUT2D eigenvalue weighted by Crippen LogP contribution is 2.26. The van der Waals surface area contributed by atoms with Gasteiger partial charge in [0.2, 0.25) is 0 Å². The van der Waals surface area contributed by atoms with Crippen molar-refractivity contribution in [3.8, 4) is 0 Å². The Balaban J connectivity index is 1.63. The van der Waals surface area contributed by atoms with Crippen LogP contribution in [-0.4, -0.2) is 47.7 Å². The Morgan fingerprint density at radius 1 is 1.05 bits per heavy atom. The first-order valence-corrected chi connectivity index (χ1v) is 8.88. The molecule has 2 saturated carbocycles. The first-order chi connectivity index (χ1) is 10.2. The molecule has 0 heterocycles. The van der Waals surface area contributed by atoms with Crippen molar-refractivity contribution >= 4 is 0 Å². The van der Waals surface area contributed by atoms with Crippen molar-refractivity contribution in [2.75, 3.05) is 13.2 Å². The fourth-order valence-electron chi connectivity index (χ4n) is 3.64. The van der Waals surface area contributed by atoms with Crippen LogP contribution in [0.3, 0.4) is 0 Å². The molecule has 5 unspecified atom stereocenters. The van der Waals surface area contributed by atoms with Crippen molar-refractivity contribution in [1.82, 2.24) is 5.32 Å². The van der Waals surface area contributed by atoms with E-state index in [4.69, 9.17) is 4.74 Å². The van der Waals surface area contributed by atoms with Crippen LogP contribution in [0.1, 0.15) is 64.7 Å². The zero-order chi connectivity index (χ0) is 15.1. The molecule has 0 aliphatic heterocycles. The Kier molecular flexibility index (Phi) is 7.44. The van der Waals surface area contributed by atoms with Gasteiger partial charge in [0.25, 0.3) is 0 Å². The maximum Gasteiger partial charge on any atom is 0.0897 e. The molecule has 2 fully saturated rings. The lowest BCUT2D eigenvalue weighted by Crippen LogP contribution is -2.44. The minimum atomic E-state index is -0.477. The number of aliphatic hydroxyl groups is 2. The molecule has 0 aromatic carbocycles. The quantitative estimate of drug-likeness (QED) is 0.658. The van der Waals surface area contributed by atoms with Crippen molar-refractivity contribution < 1.29 is 14.9 Å². The fraction of sp³-hybridized carbons (Fsp3) is 1.00. The van der Waals surface area contributed by atoms with E-state index < -0.39 is 6.10 Å². The summed E-state index contributed by atoms with van der Waals surface area (Å²) in [6.45, 7) is 3.17. The summed E-state index contributed by atoms with van der Waals surface area (Å²) in [5.41, 5.74) is 0. The van der Waals surface area contributed by atoms with Gasteiger partial charge >= 0.3 is 0 Å². The number of aliphatic hydroxyl groups excluding tert-OH is 2. The predicted octanol–water partition coefficient (Wildman–Crippen LogP) is 2.23. The van der Waals surface area contributed by atoms with Crippen LogP contribution in [-0.2, 0) is 4.74 Å². The molecule has 0 amide bonds. The third-order valence-corrected chi connectivity index (χ3v) is 5.13. The van der Waals surface area contributed by atoms with E-state index in [1.807, 2.05) is 0 Å². The molecule has 3 N–H and O–H groups in total. The largest absolute Gasteiger partial charge is 0.392 e. The summed E-state index contributed by atoms with van der Waals surface area (Å²) in [5.74, 6) is 0.614. The summed E-state index contributed by atoms with van der Waals surface area (Å²) < 4.78 is 5.90. The number of ether oxygens (including phenoxy) is 1. The fourth-order valence-corrected chi connectivity index (χ4v) is 3.64. The van der Waals surface area contributed by atoms with Crippen LogP contribution >= 0.6 is 0 Å². The molecule has 0 aromatic heterocycles. The summed E-state index contributed by atoms with van der Waals surface area (Å²) in [7, 11) is 0. The van der Waals surface area contributed by atoms with E-state index in [0.29, 0.717) is 25.2 Å². The lowest BCUT2D eigenvalue weighted by atomic mass is 9.88. The molecule has 4 heteroatoms. The zero-order valence-electron chi connectivity index (χ0n) is 13.5. The van der Waals surface area contributed by atoms with E-state index in [0.717, 1.165) is 25.7 Å². The summed E-state index contributed by atoms with van der Waals surface area (Å²) in [6.07, 6.45) is 9.88. The minimum Gasteiger partial charge on any atom is -0.392 e. The van der Waals surface area contributed by atoms with Crippen molar-refractivity contribution in [2.45, 2.75) is 89.1 Å². The Bertz CT molecular complexity index is 287. The second-order valence-corrected chi connectivity index (χ2v) is 7.01. The van der Waals surface area contributed by atoms with Gasteiger partial charge in [-0.3, -0.25) is 0 Å². The highest BCUT2D eigenvalue weighted by molar-refractivity contribution is 4.80. The van der Waals surface area contributed by atoms with Gasteiger partial charge in [-0.2, -0.15) is 0 Å². The number of hydrogen-bond acceptors (Lipinski definition) is 4. The molecule has 4 nitrogen and oxygen atoms in total. The smallest absolute Gasteiger partial charge is 0.0897 e. The summed E-state index contributed by atoms with van der Waals surface area (Å²) in [5, 5.41) is 23.5. The van der Waals surface area contributed by atoms with E-state index in [-0.39, 0.29) is 12.1 Å². The van der Waals surface area contributed by atoms with E-state index in [2.05, 4.69) is 12.2 Å². The normalized spacial score (nSPS) is 36.1. The summed E-state index contributed by atoms with van der Waals surface area (Å²) in [4.78, 5) is 0. The zero-order valence-corrected chi connectivity index (χ0v) is 13.5. The van der Waals surface area contributed by atoms with Gasteiger partial charge in [0.15, 0.2) is 0 Å². The van der Waals surface area contributed by atoms with E-state index in [9.17, 15) is 10.2 Å². The van der Waals surface area contributed by atoms with Crippen LogP contribution in [0.4, 0.5) is 0 Å². The van der Waals surface area contributed by atoms with Gasteiger partial charge < -0.3 is 20.3 Å². The van der Waals surface area contributed by atoms with Gasteiger partial charge in [-0.1, -0.05) is 39.0 Å². The van der Waals surface area contributed by atoms with E-state index in [1.54, 1.807) is 0 Å². The van der Waals surface area contributed by atoms with Gasteiger partial charge in [-0.05, 0) is 31.6 Å². The predicted molar refractivity (Wildman–Crippen MR) is 84.3 cm³/mol. The van der Waals surface area contributed by atoms with Gasteiger partial charge in [0, 0.05) is 12.6 Å². The first-order valence-electron chi connectivity index (χ1n) is 8.88. The Labute approximate surface area is 129 Å². The van der Waals surface area contributed by atoms with Gasteiger partial charge in [0.05, 0.1) is 24.9 Å². The van der Waals surface area contributed by atoms with Crippen molar-refractivity contribution in [3.05, 3.63) is 0 Å². The molecule has 2 aliphatic carbocycles. The van der Waals surface area contributed by atoms with Crippen LogP contribution < -0.4 is 5.32 Å². The lowest BCUT2D eigenvalue weighted by molar-refractivity contribution is -0.0465. The lowest BCUT2D eigenvalue weighted by Gasteiger charge is -2.30. The molecule has 0 saturated heterocycles. The summed E-state index contributed by atoms with van der Waals surface area (Å²) in [6, 6.07) is 0.135. The summed E-state index contributed by atoms with van der Waals surface area (Å²) >= 11 is 0. The SMILES string of the molecule is CC1CCCCC1OCC(O)CNC1CCCCCC1O. The highest BCUT2D eigenvalue weighted by atomic mass is 16.5. The third-order valence-electron chi connectivity index (χ3n) is 5.13. The van der Waals surface area contributed by atoms with Crippen LogP contribution in [0, 0.1) is 5.92 Å². The van der Waals surface area contributed by atoms with Gasteiger partial charge in [-0.25, -0.2) is 0 Å². The first kappa shape index (κ1) is 17.2. The van der Waals surface area contributed by atoms with Crippen LogP contribution in [0.15, 0.2) is 0 Å². The van der Waals surface area contributed by atoms with Crippen LogP contribution in [0.2, 0.25) is 0 Å². The molecule has 2 rings (SSSR count). The maximum atomic E-state index is 10.1. The van der Waals surface area contributed by atoms with Crippen LogP contribution in [0.25, 0.3) is 0 Å². The van der Waals surface area contributed by atoms with Crippen molar-refractivity contribution in [3.63, 3.8) is 0 Å². The van der Waals surface area contributed by atoms with Gasteiger partial charge in [0.1, 0.15) is 0 Å². The second-order valence-electron chi connectivity index (χ2n) is 7.01. The Morgan fingerprint density at radius 3 is 2.57 bits per heavy atom. The average Bonchev–Trinajstić information content (AvgIpc) is 2.69. The molecule has 0 bridgehead atoms. The van der Waals surface area contributed by atoms with Crippen molar-refractivity contribution in [1.29, 1.82) is 0 Å². The average molecular weight is 299 g/mol. The molecule has 0 aromatic rings. The van der Waals surface area contributed by atoms with Crippen molar-refractivity contribution in [2.24, 2.45) is 5.92 Å². The number of rotatable bonds is 6.